The van der Waals surface area contributed by atoms with Gasteiger partial charge in [-0.2, -0.15) is 15.6 Å². The SMILES string of the molecule is N#C/C(=C\c1ccc(-c2c(Cl)cccc2Cl)o1)c1[nH]nc(N)c1C#N. The number of benzene rings is 1. The molecule has 0 saturated heterocycles. The quantitative estimate of drug-likeness (QED) is 0.659. The molecule has 2 heterocycles. The molecule has 0 spiro atoms. The fourth-order valence-electron chi connectivity index (χ4n) is 2.26. The van der Waals surface area contributed by atoms with E-state index in [1.807, 2.05) is 12.1 Å². The largest absolute Gasteiger partial charge is 0.457 e. The Morgan fingerprint density at radius 2 is 1.92 bits per heavy atom. The van der Waals surface area contributed by atoms with Gasteiger partial charge < -0.3 is 10.2 Å². The maximum Gasteiger partial charge on any atom is 0.163 e. The monoisotopic (exact) mass is 369 g/mol. The van der Waals surface area contributed by atoms with E-state index < -0.39 is 0 Å². The molecule has 3 rings (SSSR count). The van der Waals surface area contributed by atoms with Gasteiger partial charge in [-0.25, -0.2) is 0 Å². The highest BCUT2D eigenvalue weighted by molar-refractivity contribution is 6.39. The maximum absolute atomic E-state index is 9.38. The smallest absolute Gasteiger partial charge is 0.163 e. The van der Waals surface area contributed by atoms with Gasteiger partial charge in [0.1, 0.15) is 29.2 Å². The summed E-state index contributed by atoms with van der Waals surface area (Å²) in [5.41, 5.74) is 6.66. The second kappa shape index (κ2) is 6.74. The Morgan fingerprint density at radius 3 is 2.56 bits per heavy atom. The van der Waals surface area contributed by atoms with Crippen molar-refractivity contribution in [3.05, 3.63) is 57.4 Å². The van der Waals surface area contributed by atoms with Crippen LogP contribution in [0.5, 0.6) is 0 Å². The Balaban J connectivity index is 2.04. The Bertz CT molecular complexity index is 1050. The lowest BCUT2D eigenvalue weighted by molar-refractivity contribution is 0.572. The third kappa shape index (κ3) is 3.09. The molecule has 25 heavy (non-hydrogen) atoms. The molecule has 0 aliphatic heterocycles. The summed E-state index contributed by atoms with van der Waals surface area (Å²) in [5.74, 6) is 0.880. The van der Waals surface area contributed by atoms with Crippen LogP contribution in [0.25, 0.3) is 23.0 Å². The molecule has 8 heteroatoms. The van der Waals surface area contributed by atoms with Crippen LogP contribution in [-0.2, 0) is 0 Å². The van der Waals surface area contributed by atoms with E-state index in [1.165, 1.54) is 6.08 Å². The summed E-state index contributed by atoms with van der Waals surface area (Å²) in [5, 5.41) is 25.7. The number of nitriles is 2. The number of anilines is 1. The fraction of sp³-hybridized carbons (Fsp3) is 0. The molecule has 1 aromatic carbocycles. The molecule has 122 valence electrons. The predicted molar refractivity (Wildman–Crippen MR) is 95.4 cm³/mol. The number of hydrogen-bond donors (Lipinski definition) is 2. The highest BCUT2D eigenvalue weighted by Crippen LogP contribution is 2.36. The first-order chi connectivity index (χ1) is 12.0. The molecule has 2 aromatic heterocycles. The number of nitrogen functional groups attached to an aromatic ring is 1. The number of rotatable bonds is 3. The first-order valence-corrected chi connectivity index (χ1v) is 7.71. The number of nitrogens with two attached hydrogens (primary N) is 1. The highest BCUT2D eigenvalue weighted by Gasteiger charge is 2.16. The normalized spacial score (nSPS) is 11.1. The van der Waals surface area contributed by atoms with Crippen LogP contribution in [0, 0.1) is 22.7 Å². The minimum atomic E-state index is 0.0293. The fourth-order valence-corrected chi connectivity index (χ4v) is 2.85. The number of halogens is 2. The van der Waals surface area contributed by atoms with Crippen LogP contribution in [0.15, 0.2) is 34.7 Å². The van der Waals surface area contributed by atoms with Gasteiger partial charge in [0.2, 0.25) is 0 Å². The van der Waals surface area contributed by atoms with E-state index in [-0.39, 0.29) is 22.6 Å². The third-order valence-corrected chi connectivity index (χ3v) is 4.05. The Labute approximate surface area is 152 Å². The van der Waals surface area contributed by atoms with E-state index >= 15 is 0 Å². The summed E-state index contributed by atoms with van der Waals surface area (Å²) in [6, 6.07) is 12.4. The van der Waals surface area contributed by atoms with Gasteiger partial charge in [-0.05, 0) is 24.3 Å². The van der Waals surface area contributed by atoms with Crippen molar-refractivity contribution in [2.45, 2.75) is 0 Å². The zero-order valence-corrected chi connectivity index (χ0v) is 14.1. The van der Waals surface area contributed by atoms with Gasteiger partial charge in [-0.3, -0.25) is 5.10 Å². The molecular weight excluding hydrogens is 361 g/mol. The minimum absolute atomic E-state index is 0.0293. The van der Waals surface area contributed by atoms with Gasteiger partial charge in [0.25, 0.3) is 0 Å². The van der Waals surface area contributed by atoms with Crippen LogP contribution in [0.4, 0.5) is 5.82 Å². The number of furan rings is 1. The van der Waals surface area contributed by atoms with Crippen molar-refractivity contribution in [3.8, 4) is 23.5 Å². The van der Waals surface area contributed by atoms with Crippen molar-refractivity contribution in [1.29, 1.82) is 10.5 Å². The number of nitrogens with zero attached hydrogens (tertiary/aromatic N) is 3. The van der Waals surface area contributed by atoms with Crippen molar-refractivity contribution in [2.24, 2.45) is 0 Å². The molecule has 3 N–H and O–H groups in total. The molecule has 0 saturated carbocycles. The topological polar surface area (TPSA) is 115 Å². The summed E-state index contributed by atoms with van der Waals surface area (Å²) < 4.78 is 5.72. The van der Waals surface area contributed by atoms with Crippen LogP contribution in [0.1, 0.15) is 17.0 Å². The standard InChI is InChI=1S/C17H9Cl2N5O/c18-12-2-1-3-13(19)15(12)14-5-4-10(25-14)6-9(7-20)16-11(8-21)17(22)24-23-16/h1-6H,(H3,22,23,24)/b9-6+. The van der Waals surface area contributed by atoms with Crippen molar-refractivity contribution < 1.29 is 4.42 Å². The van der Waals surface area contributed by atoms with E-state index in [0.717, 1.165) is 0 Å². The Morgan fingerprint density at radius 1 is 1.20 bits per heavy atom. The lowest BCUT2D eigenvalue weighted by Crippen LogP contribution is -1.89. The molecule has 0 aliphatic carbocycles. The van der Waals surface area contributed by atoms with E-state index in [0.29, 0.717) is 27.1 Å². The molecule has 3 aromatic rings. The molecule has 0 radical (unpaired) electrons. The van der Waals surface area contributed by atoms with E-state index in [1.54, 1.807) is 30.3 Å². The summed E-state index contributed by atoms with van der Waals surface area (Å²) in [4.78, 5) is 0. The zero-order valence-electron chi connectivity index (χ0n) is 12.5. The van der Waals surface area contributed by atoms with Crippen molar-refractivity contribution in [2.75, 3.05) is 5.73 Å². The summed E-state index contributed by atoms with van der Waals surface area (Å²) >= 11 is 12.3. The molecule has 0 unspecified atom stereocenters. The van der Waals surface area contributed by atoms with Crippen molar-refractivity contribution in [3.63, 3.8) is 0 Å². The molecule has 0 bridgehead atoms. The predicted octanol–water partition coefficient (Wildman–Crippen LogP) is 4.49. The molecule has 0 atom stereocenters. The van der Waals surface area contributed by atoms with Crippen LogP contribution >= 0.6 is 23.2 Å². The lowest BCUT2D eigenvalue weighted by atomic mass is 10.1. The first-order valence-electron chi connectivity index (χ1n) is 6.95. The van der Waals surface area contributed by atoms with Crippen molar-refractivity contribution >= 4 is 40.7 Å². The Kier molecular flexibility index (Phi) is 4.49. The number of nitrogens with one attached hydrogen (secondary N) is 1. The average molecular weight is 370 g/mol. The molecule has 0 amide bonds. The second-order valence-corrected chi connectivity index (χ2v) is 5.75. The van der Waals surface area contributed by atoms with E-state index in [4.69, 9.17) is 38.6 Å². The van der Waals surface area contributed by atoms with Gasteiger partial charge in [0, 0.05) is 6.08 Å². The minimum Gasteiger partial charge on any atom is -0.457 e. The van der Waals surface area contributed by atoms with Crippen LogP contribution in [0.3, 0.4) is 0 Å². The molecule has 0 fully saturated rings. The number of allylic oxidation sites excluding steroid dienone is 1. The number of aromatic amines is 1. The maximum atomic E-state index is 9.38. The van der Waals surface area contributed by atoms with E-state index in [9.17, 15) is 5.26 Å². The lowest BCUT2D eigenvalue weighted by Gasteiger charge is -2.02. The van der Waals surface area contributed by atoms with Crippen molar-refractivity contribution in [1.82, 2.24) is 10.2 Å². The third-order valence-electron chi connectivity index (χ3n) is 3.42. The number of H-pyrrole nitrogens is 1. The van der Waals surface area contributed by atoms with Crippen LogP contribution < -0.4 is 5.73 Å². The van der Waals surface area contributed by atoms with E-state index in [2.05, 4.69) is 10.2 Å². The second-order valence-electron chi connectivity index (χ2n) is 4.94. The van der Waals surface area contributed by atoms with Gasteiger partial charge in [0.05, 0.1) is 26.9 Å². The molecular formula is C17H9Cl2N5O. The van der Waals surface area contributed by atoms with Gasteiger partial charge in [-0.15, -0.1) is 0 Å². The zero-order chi connectivity index (χ0) is 18.0. The van der Waals surface area contributed by atoms with Gasteiger partial charge in [0.15, 0.2) is 5.82 Å². The van der Waals surface area contributed by atoms with Gasteiger partial charge in [-0.1, -0.05) is 29.3 Å². The highest BCUT2D eigenvalue weighted by atomic mass is 35.5. The average Bonchev–Trinajstić information content (AvgIpc) is 3.19. The first kappa shape index (κ1) is 16.7. The summed E-state index contributed by atoms with van der Waals surface area (Å²) in [6.07, 6.45) is 1.47. The molecule has 6 nitrogen and oxygen atoms in total. The van der Waals surface area contributed by atoms with Crippen LogP contribution in [0.2, 0.25) is 10.0 Å². The summed E-state index contributed by atoms with van der Waals surface area (Å²) in [7, 11) is 0. The molecule has 0 aliphatic rings. The van der Waals surface area contributed by atoms with Gasteiger partial charge >= 0.3 is 0 Å². The number of hydrogen-bond acceptors (Lipinski definition) is 5. The summed E-state index contributed by atoms with van der Waals surface area (Å²) in [6.45, 7) is 0. The number of aromatic nitrogens is 2. The Hall–Kier alpha value is -3.19. The van der Waals surface area contributed by atoms with Crippen LogP contribution in [-0.4, -0.2) is 10.2 Å².